The minimum atomic E-state index is -0.363. The molecule has 0 amide bonds. The summed E-state index contributed by atoms with van der Waals surface area (Å²) in [5.41, 5.74) is 2.47. The molecule has 4 aromatic carbocycles. The average Bonchev–Trinajstić information content (AvgIpc) is 2.70. The van der Waals surface area contributed by atoms with Gasteiger partial charge in [0.05, 0.1) is 6.04 Å². The van der Waals surface area contributed by atoms with Crippen LogP contribution in [0.1, 0.15) is 23.6 Å². The fraction of sp³-hybridized carbons (Fsp3) is 0.167. The topological polar surface area (TPSA) is 23.5 Å². The zero-order chi connectivity index (χ0) is 17.5. The first kappa shape index (κ1) is 15.6. The standard InChI is InChI=1S/C24H21NO/c26-23-13-14-25(23)24(21-11-9-17-5-1-3-7-19(17)15-21)22-12-10-18-6-2-4-8-20(18)16-22/h1-12,15-16,23-24,26H,13-14H2. The van der Waals surface area contributed by atoms with Crippen LogP contribution < -0.4 is 0 Å². The van der Waals surface area contributed by atoms with Crippen LogP contribution in [0.5, 0.6) is 0 Å². The number of aliphatic hydroxyl groups excluding tert-OH is 1. The summed E-state index contributed by atoms with van der Waals surface area (Å²) < 4.78 is 0. The molecule has 5 rings (SSSR count). The molecule has 1 aliphatic heterocycles. The Morgan fingerprint density at radius 3 is 1.62 bits per heavy atom. The third kappa shape index (κ3) is 2.59. The van der Waals surface area contributed by atoms with E-state index in [1.54, 1.807) is 0 Å². The van der Waals surface area contributed by atoms with Gasteiger partial charge in [0.25, 0.3) is 0 Å². The van der Waals surface area contributed by atoms with Gasteiger partial charge in [-0.05, 0) is 51.2 Å². The van der Waals surface area contributed by atoms with Gasteiger partial charge in [-0.3, -0.25) is 4.90 Å². The minimum Gasteiger partial charge on any atom is -0.378 e. The summed E-state index contributed by atoms with van der Waals surface area (Å²) in [5, 5.41) is 15.3. The molecule has 4 aromatic rings. The first-order valence-corrected chi connectivity index (χ1v) is 9.21. The summed E-state index contributed by atoms with van der Waals surface area (Å²) in [7, 11) is 0. The Kier molecular flexibility index (Phi) is 3.74. The summed E-state index contributed by atoms with van der Waals surface area (Å²) in [6.07, 6.45) is 0.482. The zero-order valence-corrected chi connectivity index (χ0v) is 14.5. The highest BCUT2D eigenvalue weighted by molar-refractivity contribution is 5.84. The van der Waals surface area contributed by atoms with Crippen LogP contribution in [0.3, 0.4) is 0 Å². The monoisotopic (exact) mass is 339 g/mol. The van der Waals surface area contributed by atoms with E-state index in [1.165, 1.54) is 32.7 Å². The number of aliphatic hydroxyl groups is 1. The van der Waals surface area contributed by atoms with E-state index in [2.05, 4.69) is 89.8 Å². The Bertz CT molecular complexity index is 1010. The zero-order valence-electron chi connectivity index (χ0n) is 14.5. The molecule has 0 saturated carbocycles. The number of likely N-dealkylation sites (tertiary alicyclic amines) is 1. The molecule has 1 atom stereocenters. The van der Waals surface area contributed by atoms with Crippen LogP contribution in [0.4, 0.5) is 0 Å². The van der Waals surface area contributed by atoms with Gasteiger partial charge in [0.15, 0.2) is 0 Å². The van der Waals surface area contributed by atoms with E-state index in [9.17, 15) is 5.11 Å². The van der Waals surface area contributed by atoms with Gasteiger partial charge in [-0.15, -0.1) is 0 Å². The maximum atomic E-state index is 10.4. The smallest absolute Gasteiger partial charge is 0.109 e. The van der Waals surface area contributed by atoms with Crippen molar-refractivity contribution in [1.82, 2.24) is 4.90 Å². The lowest BCUT2D eigenvalue weighted by molar-refractivity contribution is -0.0921. The van der Waals surface area contributed by atoms with Crippen molar-refractivity contribution in [3.63, 3.8) is 0 Å². The second-order valence-corrected chi connectivity index (χ2v) is 7.12. The van der Waals surface area contributed by atoms with E-state index in [0.29, 0.717) is 0 Å². The summed E-state index contributed by atoms with van der Waals surface area (Å²) >= 11 is 0. The SMILES string of the molecule is OC1CCN1C(c1ccc2ccccc2c1)c1ccc2ccccc2c1. The lowest BCUT2D eigenvalue weighted by Gasteiger charge is -2.43. The summed E-state index contributed by atoms with van der Waals surface area (Å²) in [6, 6.07) is 30.3. The maximum Gasteiger partial charge on any atom is 0.109 e. The van der Waals surface area contributed by atoms with Gasteiger partial charge in [0.1, 0.15) is 6.23 Å². The van der Waals surface area contributed by atoms with Gasteiger partial charge in [0, 0.05) is 6.54 Å². The van der Waals surface area contributed by atoms with E-state index in [-0.39, 0.29) is 12.3 Å². The summed E-state index contributed by atoms with van der Waals surface area (Å²) in [6.45, 7) is 0.922. The number of fused-ring (bicyclic) bond motifs is 2. The number of benzene rings is 4. The molecule has 26 heavy (non-hydrogen) atoms. The van der Waals surface area contributed by atoms with Crippen LogP contribution in [0.15, 0.2) is 84.9 Å². The van der Waals surface area contributed by atoms with Crippen molar-refractivity contribution < 1.29 is 5.11 Å². The Balaban J connectivity index is 1.66. The molecular formula is C24H21NO. The molecule has 1 heterocycles. The molecule has 1 aliphatic rings. The van der Waals surface area contributed by atoms with Crippen molar-refractivity contribution in [2.75, 3.05) is 6.54 Å². The summed E-state index contributed by atoms with van der Waals surface area (Å²) in [4.78, 5) is 2.19. The highest BCUT2D eigenvalue weighted by Crippen LogP contribution is 2.37. The Labute approximate surface area is 153 Å². The predicted molar refractivity (Wildman–Crippen MR) is 107 cm³/mol. The molecule has 0 spiro atoms. The molecule has 0 aromatic heterocycles. The van der Waals surface area contributed by atoms with E-state index < -0.39 is 0 Å². The quantitative estimate of drug-likeness (QED) is 0.561. The molecule has 1 N–H and O–H groups in total. The molecule has 0 radical (unpaired) electrons. The van der Waals surface area contributed by atoms with Crippen LogP contribution in [0.25, 0.3) is 21.5 Å². The lowest BCUT2D eigenvalue weighted by atomic mass is 9.91. The normalized spacial score (nSPS) is 17.7. The molecular weight excluding hydrogens is 318 g/mol. The van der Waals surface area contributed by atoms with E-state index in [1.807, 2.05) is 0 Å². The molecule has 128 valence electrons. The first-order chi connectivity index (χ1) is 12.8. The highest BCUT2D eigenvalue weighted by Gasteiger charge is 2.34. The van der Waals surface area contributed by atoms with E-state index >= 15 is 0 Å². The fourth-order valence-electron chi connectivity index (χ4n) is 4.03. The first-order valence-electron chi connectivity index (χ1n) is 9.21. The second-order valence-electron chi connectivity index (χ2n) is 7.12. The Morgan fingerprint density at radius 1 is 0.692 bits per heavy atom. The second kappa shape index (κ2) is 6.24. The van der Waals surface area contributed by atoms with Crippen LogP contribution in [-0.4, -0.2) is 22.8 Å². The predicted octanol–water partition coefficient (Wildman–Crippen LogP) is 5.11. The lowest BCUT2D eigenvalue weighted by Crippen LogP contribution is -2.49. The Morgan fingerprint density at radius 2 is 1.19 bits per heavy atom. The van der Waals surface area contributed by atoms with Gasteiger partial charge in [-0.25, -0.2) is 0 Å². The molecule has 0 bridgehead atoms. The average molecular weight is 339 g/mol. The van der Waals surface area contributed by atoms with Crippen molar-refractivity contribution in [3.05, 3.63) is 96.1 Å². The van der Waals surface area contributed by atoms with Crippen LogP contribution in [-0.2, 0) is 0 Å². The fourth-order valence-corrected chi connectivity index (χ4v) is 4.03. The largest absolute Gasteiger partial charge is 0.378 e. The van der Waals surface area contributed by atoms with Gasteiger partial charge in [-0.1, -0.05) is 72.8 Å². The van der Waals surface area contributed by atoms with Crippen LogP contribution in [0, 0.1) is 0 Å². The molecule has 0 aliphatic carbocycles. The highest BCUT2D eigenvalue weighted by atomic mass is 16.3. The van der Waals surface area contributed by atoms with E-state index in [4.69, 9.17) is 0 Å². The van der Waals surface area contributed by atoms with Crippen molar-refractivity contribution >= 4 is 21.5 Å². The number of nitrogens with zero attached hydrogens (tertiary/aromatic N) is 1. The number of rotatable bonds is 3. The van der Waals surface area contributed by atoms with Gasteiger partial charge < -0.3 is 5.11 Å². The minimum absolute atomic E-state index is 0.0768. The number of hydrogen-bond acceptors (Lipinski definition) is 2. The molecule has 1 saturated heterocycles. The van der Waals surface area contributed by atoms with Crippen molar-refractivity contribution in [2.45, 2.75) is 18.7 Å². The maximum absolute atomic E-state index is 10.4. The van der Waals surface area contributed by atoms with Crippen LogP contribution in [0.2, 0.25) is 0 Å². The van der Waals surface area contributed by atoms with Crippen molar-refractivity contribution in [2.24, 2.45) is 0 Å². The molecule has 1 unspecified atom stereocenters. The Hall–Kier alpha value is -2.68. The molecule has 2 heteroatoms. The van der Waals surface area contributed by atoms with Crippen molar-refractivity contribution in [1.29, 1.82) is 0 Å². The summed E-state index contributed by atoms with van der Waals surface area (Å²) in [5.74, 6) is 0. The van der Waals surface area contributed by atoms with Gasteiger partial charge in [0.2, 0.25) is 0 Å². The third-order valence-corrected chi connectivity index (χ3v) is 5.54. The van der Waals surface area contributed by atoms with E-state index in [0.717, 1.165) is 13.0 Å². The molecule has 2 nitrogen and oxygen atoms in total. The third-order valence-electron chi connectivity index (χ3n) is 5.54. The number of hydrogen-bond donors (Lipinski definition) is 1. The van der Waals surface area contributed by atoms with Gasteiger partial charge >= 0.3 is 0 Å². The van der Waals surface area contributed by atoms with Crippen LogP contribution >= 0.6 is 0 Å². The van der Waals surface area contributed by atoms with Crippen molar-refractivity contribution in [3.8, 4) is 0 Å². The molecule has 1 fully saturated rings. The van der Waals surface area contributed by atoms with Gasteiger partial charge in [-0.2, -0.15) is 0 Å².